The van der Waals surface area contributed by atoms with Crippen molar-refractivity contribution in [1.29, 1.82) is 0 Å². The Morgan fingerprint density at radius 1 is 1.30 bits per heavy atom. The highest BCUT2D eigenvalue weighted by Gasteiger charge is 2.30. The highest BCUT2D eigenvalue weighted by Crippen LogP contribution is 2.19. The average molecular weight is 292 g/mol. The summed E-state index contributed by atoms with van der Waals surface area (Å²) in [4.78, 5) is 26.2. The summed E-state index contributed by atoms with van der Waals surface area (Å²) in [5.41, 5.74) is 0.848. The quantitative estimate of drug-likeness (QED) is 0.842. The minimum atomic E-state index is -0.544. The van der Waals surface area contributed by atoms with E-state index in [1.54, 1.807) is 4.90 Å². The summed E-state index contributed by atoms with van der Waals surface area (Å²) in [6.45, 7) is 3.32. The molecule has 1 heterocycles. The molecule has 1 unspecified atom stereocenters. The molecule has 2 amide bonds. The van der Waals surface area contributed by atoms with Crippen molar-refractivity contribution in [1.82, 2.24) is 10.2 Å². The molecule has 1 atom stereocenters. The zero-order chi connectivity index (χ0) is 14.4. The molecule has 1 aromatic carbocycles. The number of thioether (sulfide) groups is 1. The molecule has 108 valence electrons. The van der Waals surface area contributed by atoms with Crippen LogP contribution in [0.3, 0.4) is 0 Å². The lowest BCUT2D eigenvalue weighted by atomic mass is 10.1. The predicted octanol–water partition coefficient (Wildman–Crippen LogP) is 1.83. The molecular formula is C15H20N2O2S. The molecule has 1 aromatic rings. The Bertz CT molecular complexity index is 464. The molecular weight excluding hydrogens is 272 g/mol. The van der Waals surface area contributed by atoms with Crippen LogP contribution >= 0.6 is 11.8 Å². The van der Waals surface area contributed by atoms with E-state index in [4.69, 9.17) is 0 Å². The van der Waals surface area contributed by atoms with Crippen LogP contribution in [0.2, 0.25) is 0 Å². The molecule has 2 rings (SSSR count). The minimum Gasteiger partial charge on any atom is -0.340 e. The zero-order valence-corrected chi connectivity index (χ0v) is 12.5. The van der Waals surface area contributed by atoms with E-state index in [0.717, 1.165) is 17.1 Å². The van der Waals surface area contributed by atoms with Crippen molar-refractivity contribution >= 4 is 23.6 Å². The van der Waals surface area contributed by atoms with E-state index in [1.807, 2.05) is 42.1 Å². The van der Waals surface area contributed by atoms with Crippen LogP contribution in [-0.4, -0.2) is 41.3 Å². The second kappa shape index (κ2) is 7.33. The molecule has 1 fully saturated rings. The lowest BCUT2D eigenvalue weighted by molar-refractivity contribution is -0.133. The second-order valence-electron chi connectivity index (χ2n) is 4.68. The first-order valence-corrected chi connectivity index (χ1v) is 8.08. The van der Waals surface area contributed by atoms with Crippen LogP contribution in [0.4, 0.5) is 0 Å². The van der Waals surface area contributed by atoms with Gasteiger partial charge in [0.25, 0.3) is 0 Å². The van der Waals surface area contributed by atoms with Gasteiger partial charge >= 0.3 is 0 Å². The molecule has 0 radical (unpaired) electrons. The van der Waals surface area contributed by atoms with Gasteiger partial charge in [-0.3, -0.25) is 9.59 Å². The Morgan fingerprint density at radius 3 is 2.75 bits per heavy atom. The zero-order valence-electron chi connectivity index (χ0n) is 11.7. The first kappa shape index (κ1) is 14.9. The normalized spacial score (nSPS) is 19.6. The summed E-state index contributed by atoms with van der Waals surface area (Å²) in [5, 5.41) is 2.83. The van der Waals surface area contributed by atoms with Gasteiger partial charge in [-0.05, 0) is 11.3 Å². The summed E-state index contributed by atoms with van der Waals surface area (Å²) in [6.07, 6.45) is 0.381. The monoisotopic (exact) mass is 292 g/mol. The number of nitrogens with one attached hydrogen (secondary N) is 1. The highest BCUT2D eigenvalue weighted by atomic mass is 32.2. The summed E-state index contributed by atoms with van der Waals surface area (Å²) >= 11 is 1.81. The van der Waals surface area contributed by atoms with E-state index in [1.165, 1.54) is 0 Å². The topological polar surface area (TPSA) is 49.4 Å². The van der Waals surface area contributed by atoms with Gasteiger partial charge < -0.3 is 10.2 Å². The van der Waals surface area contributed by atoms with Gasteiger partial charge in [0, 0.05) is 25.3 Å². The smallest absolute Gasteiger partial charge is 0.249 e. The van der Waals surface area contributed by atoms with Crippen molar-refractivity contribution in [2.45, 2.75) is 19.4 Å². The SMILES string of the molecule is CCSCCN1CCC(=O)NC(c2ccccc2)C1=O. The second-order valence-corrected chi connectivity index (χ2v) is 6.08. The molecule has 1 aliphatic rings. The molecule has 5 heteroatoms. The van der Waals surface area contributed by atoms with Crippen LogP contribution in [-0.2, 0) is 9.59 Å². The van der Waals surface area contributed by atoms with E-state index in [0.29, 0.717) is 19.5 Å². The summed E-state index contributed by atoms with van der Waals surface area (Å²) < 4.78 is 0. The molecule has 0 spiro atoms. The maximum Gasteiger partial charge on any atom is 0.249 e. The van der Waals surface area contributed by atoms with E-state index < -0.39 is 6.04 Å². The largest absolute Gasteiger partial charge is 0.340 e. The van der Waals surface area contributed by atoms with E-state index in [2.05, 4.69) is 12.2 Å². The minimum absolute atomic E-state index is 0.00115. The Kier molecular flexibility index (Phi) is 5.47. The molecule has 0 aliphatic carbocycles. The Morgan fingerprint density at radius 2 is 2.05 bits per heavy atom. The predicted molar refractivity (Wildman–Crippen MR) is 81.5 cm³/mol. The van der Waals surface area contributed by atoms with Crippen LogP contribution in [0, 0.1) is 0 Å². The number of carbonyl (C=O) groups is 2. The molecule has 0 aromatic heterocycles. The molecule has 0 saturated carbocycles. The lowest BCUT2D eigenvalue weighted by Crippen LogP contribution is -2.39. The number of rotatable bonds is 5. The van der Waals surface area contributed by atoms with Crippen LogP contribution in [0.15, 0.2) is 30.3 Å². The first-order chi connectivity index (χ1) is 9.72. The molecule has 1 N–H and O–H groups in total. The van der Waals surface area contributed by atoms with E-state index in [-0.39, 0.29) is 11.8 Å². The van der Waals surface area contributed by atoms with Gasteiger partial charge in [-0.1, -0.05) is 37.3 Å². The Hall–Kier alpha value is -1.49. The third kappa shape index (κ3) is 3.76. The maximum atomic E-state index is 12.6. The lowest BCUT2D eigenvalue weighted by Gasteiger charge is -2.24. The van der Waals surface area contributed by atoms with Gasteiger partial charge in [-0.25, -0.2) is 0 Å². The van der Waals surface area contributed by atoms with Crippen molar-refractivity contribution in [3.63, 3.8) is 0 Å². The fraction of sp³-hybridized carbons (Fsp3) is 0.467. The standard InChI is InChI=1S/C15H20N2O2S/c1-2-20-11-10-17-9-8-13(18)16-14(15(17)19)12-6-4-3-5-7-12/h3-7,14H,2,8-11H2,1H3,(H,16,18). The van der Waals surface area contributed by atoms with Crippen molar-refractivity contribution in [3.05, 3.63) is 35.9 Å². The van der Waals surface area contributed by atoms with Crippen molar-refractivity contribution in [3.8, 4) is 0 Å². The first-order valence-electron chi connectivity index (χ1n) is 6.93. The van der Waals surface area contributed by atoms with Gasteiger partial charge in [0.1, 0.15) is 6.04 Å². The molecule has 1 aliphatic heterocycles. The Labute approximate surface area is 123 Å². The molecule has 4 nitrogen and oxygen atoms in total. The van der Waals surface area contributed by atoms with Gasteiger partial charge in [0.2, 0.25) is 11.8 Å². The summed E-state index contributed by atoms with van der Waals surface area (Å²) in [6, 6.07) is 8.90. The van der Waals surface area contributed by atoms with Crippen molar-refractivity contribution in [2.24, 2.45) is 0 Å². The van der Waals surface area contributed by atoms with Gasteiger partial charge in [0.15, 0.2) is 0 Å². The van der Waals surface area contributed by atoms with Gasteiger partial charge in [0.05, 0.1) is 0 Å². The Balaban J connectivity index is 2.13. The third-order valence-corrected chi connectivity index (χ3v) is 4.19. The molecule has 0 bridgehead atoms. The highest BCUT2D eigenvalue weighted by molar-refractivity contribution is 7.99. The number of benzene rings is 1. The number of hydrogen-bond donors (Lipinski definition) is 1. The maximum absolute atomic E-state index is 12.6. The molecule has 20 heavy (non-hydrogen) atoms. The third-order valence-electron chi connectivity index (χ3n) is 3.32. The molecule has 1 saturated heterocycles. The fourth-order valence-electron chi connectivity index (χ4n) is 2.24. The summed E-state index contributed by atoms with van der Waals surface area (Å²) in [5.74, 6) is 1.90. The van der Waals surface area contributed by atoms with Crippen LogP contribution in [0.25, 0.3) is 0 Å². The van der Waals surface area contributed by atoms with Crippen LogP contribution < -0.4 is 5.32 Å². The van der Waals surface area contributed by atoms with E-state index >= 15 is 0 Å². The van der Waals surface area contributed by atoms with Crippen LogP contribution in [0.1, 0.15) is 24.9 Å². The number of hydrogen-bond acceptors (Lipinski definition) is 3. The fourth-order valence-corrected chi connectivity index (χ4v) is 2.87. The van der Waals surface area contributed by atoms with Crippen LogP contribution in [0.5, 0.6) is 0 Å². The number of amides is 2. The van der Waals surface area contributed by atoms with Crippen molar-refractivity contribution < 1.29 is 9.59 Å². The van der Waals surface area contributed by atoms with Gasteiger partial charge in [-0.15, -0.1) is 0 Å². The number of nitrogens with zero attached hydrogens (tertiary/aromatic N) is 1. The summed E-state index contributed by atoms with van der Waals surface area (Å²) in [7, 11) is 0. The van der Waals surface area contributed by atoms with Gasteiger partial charge in [-0.2, -0.15) is 11.8 Å². The average Bonchev–Trinajstić information content (AvgIpc) is 2.61. The van der Waals surface area contributed by atoms with E-state index in [9.17, 15) is 9.59 Å². The van der Waals surface area contributed by atoms with Crippen molar-refractivity contribution in [2.75, 3.05) is 24.6 Å². The number of carbonyl (C=O) groups excluding carboxylic acids is 2.